The molecule has 0 radical (unpaired) electrons. The third-order valence-corrected chi connectivity index (χ3v) is 3.60. The first-order valence-electron chi connectivity index (χ1n) is 6.13. The predicted molar refractivity (Wildman–Crippen MR) is 68.1 cm³/mol. The van der Waals surface area contributed by atoms with Crippen LogP contribution in [0.25, 0.3) is 0 Å². The van der Waals surface area contributed by atoms with Crippen LogP contribution in [0, 0.1) is 0 Å². The van der Waals surface area contributed by atoms with Crippen molar-refractivity contribution >= 4 is 17.4 Å². The minimum absolute atomic E-state index is 0.00971. The van der Waals surface area contributed by atoms with E-state index in [0.29, 0.717) is 0 Å². The largest absolute Gasteiger partial charge is 0.417 e. The molecule has 0 unspecified atom stereocenters. The average Bonchev–Trinajstić information content (AvgIpc) is 2.33. The van der Waals surface area contributed by atoms with Crippen LogP contribution >= 0.6 is 11.6 Å². The normalized spacial score (nSPS) is 24.3. The molecule has 1 aromatic rings. The summed E-state index contributed by atoms with van der Waals surface area (Å²) in [4.78, 5) is 3.75. The summed E-state index contributed by atoms with van der Waals surface area (Å²) in [6, 6.07) is 0.870. The standard InChI is InChI=1S/C12H15ClF3N3/c13-8-5-7(12(14,15)16)6-18-11(8)19-10-4-2-1-3-9(10)17/h5-6,9-10H,1-4,17H2,(H,18,19)/t9-,10+/m0/s1. The lowest BCUT2D eigenvalue weighted by molar-refractivity contribution is -0.137. The summed E-state index contributed by atoms with van der Waals surface area (Å²) in [6.07, 6.45) is 0.242. The fourth-order valence-electron chi connectivity index (χ4n) is 2.21. The molecule has 0 amide bonds. The lowest BCUT2D eigenvalue weighted by Crippen LogP contribution is -2.42. The Balaban J connectivity index is 2.13. The lowest BCUT2D eigenvalue weighted by atomic mass is 9.91. The van der Waals surface area contributed by atoms with Gasteiger partial charge in [0.25, 0.3) is 0 Å². The minimum atomic E-state index is -4.43. The molecule has 3 N–H and O–H groups in total. The molecular formula is C12H15ClF3N3. The van der Waals surface area contributed by atoms with Gasteiger partial charge in [-0.05, 0) is 18.9 Å². The zero-order valence-electron chi connectivity index (χ0n) is 10.2. The highest BCUT2D eigenvalue weighted by molar-refractivity contribution is 6.33. The Morgan fingerprint density at radius 2 is 2.00 bits per heavy atom. The number of anilines is 1. The molecule has 0 aliphatic heterocycles. The predicted octanol–water partition coefficient (Wildman–Crippen LogP) is 3.44. The van der Waals surface area contributed by atoms with E-state index >= 15 is 0 Å². The molecule has 1 aliphatic carbocycles. The van der Waals surface area contributed by atoms with Crippen molar-refractivity contribution in [2.24, 2.45) is 5.73 Å². The van der Waals surface area contributed by atoms with Gasteiger partial charge in [-0.2, -0.15) is 13.2 Å². The summed E-state index contributed by atoms with van der Waals surface area (Å²) in [5.41, 5.74) is 5.11. The summed E-state index contributed by atoms with van der Waals surface area (Å²) in [6.45, 7) is 0. The second kappa shape index (κ2) is 5.54. The van der Waals surface area contributed by atoms with Gasteiger partial charge in [-0.15, -0.1) is 0 Å². The number of hydrogen-bond acceptors (Lipinski definition) is 3. The number of halogens is 4. The van der Waals surface area contributed by atoms with Crippen LogP contribution in [0.4, 0.5) is 19.0 Å². The van der Waals surface area contributed by atoms with Crippen LogP contribution in [0.1, 0.15) is 31.2 Å². The first kappa shape index (κ1) is 14.4. The number of hydrogen-bond donors (Lipinski definition) is 2. The number of nitrogens with zero attached hydrogens (tertiary/aromatic N) is 1. The van der Waals surface area contributed by atoms with Gasteiger partial charge in [-0.25, -0.2) is 4.98 Å². The van der Waals surface area contributed by atoms with E-state index in [1.54, 1.807) is 0 Å². The third kappa shape index (κ3) is 3.51. The Hall–Kier alpha value is -1.01. The maximum absolute atomic E-state index is 12.5. The van der Waals surface area contributed by atoms with Crippen LogP contribution < -0.4 is 11.1 Å². The lowest BCUT2D eigenvalue weighted by Gasteiger charge is -2.30. The van der Waals surface area contributed by atoms with Gasteiger partial charge in [-0.1, -0.05) is 24.4 Å². The first-order valence-corrected chi connectivity index (χ1v) is 6.50. The SMILES string of the molecule is N[C@H]1CCCC[C@H]1Nc1ncc(C(F)(F)F)cc1Cl. The van der Waals surface area contributed by atoms with Gasteiger partial charge in [-0.3, -0.25) is 0 Å². The molecule has 3 nitrogen and oxygen atoms in total. The first-order chi connectivity index (χ1) is 8.88. The molecule has 2 atom stereocenters. The van der Waals surface area contributed by atoms with Crippen LogP contribution in [0.2, 0.25) is 5.02 Å². The van der Waals surface area contributed by atoms with Crippen molar-refractivity contribution in [3.05, 3.63) is 22.8 Å². The quantitative estimate of drug-likeness (QED) is 0.878. The van der Waals surface area contributed by atoms with E-state index in [-0.39, 0.29) is 22.9 Å². The minimum Gasteiger partial charge on any atom is -0.365 e. The summed E-state index contributed by atoms with van der Waals surface area (Å²) in [7, 11) is 0. The zero-order chi connectivity index (χ0) is 14.0. The Morgan fingerprint density at radius 1 is 1.32 bits per heavy atom. The van der Waals surface area contributed by atoms with E-state index in [1.807, 2.05) is 0 Å². The summed E-state index contributed by atoms with van der Waals surface area (Å²) < 4.78 is 37.4. The Morgan fingerprint density at radius 3 is 2.58 bits per heavy atom. The maximum Gasteiger partial charge on any atom is 0.417 e. The van der Waals surface area contributed by atoms with Gasteiger partial charge in [0.2, 0.25) is 0 Å². The molecule has 19 heavy (non-hydrogen) atoms. The topological polar surface area (TPSA) is 50.9 Å². The van der Waals surface area contributed by atoms with Crippen molar-refractivity contribution < 1.29 is 13.2 Å². The van der Waals surface area contributed by atoms with Crippen LogP contribution in [-0.2, 0) is 6.18 Å². The molecule has 7 heteroatoms. The van der Waals surface area contributed by atoms with E-state index in [2.05, 4.69) is 10.3 Å². The van der Waals surface area contributed by atoms with Crippen LogP contribution in [0.3, 0.4) is 0 Å². The Bertz CT molecular complexity index is 450. The summed E-state index contributed by atoms with van der Waals surface area (Å²) in [5, 5.41) is 3.01. The van der Waals surface area contributed by atoms with E-state index in [0.717, 1.165) is 37.9 Å². The van der Waals surface area contributed by atoms with Crippen molar-refractivity contribution in [3.63, 3.8) is 0 Å². The smallest absolute Gasteiger partial charge is 0.365 e. The molecule has 1 aliphatic rings. The molecule has 2 rings (SSSR count). The second-order valence-corrected chi connectivity index (χ2v) is 5.16. The number of rotatable bonds is 2. The Labute approximate surface area is 114 Å². The van der Waals surface area contributed by atoms with Crippen LogP contribution in [0.15, 0.2) is 12.3 Å². The van der Waals surface area contributed by atoms with E-state index in [4.69, 9.17) is 17.3 Å². The van der Waals surface area contributed by atoms with Crippen molar-refractivity contribution in [1.29, 1.82) is 0 Å². The fraction of sp³-hybridized carbons (Fsp3) is 0.583. The molecule has 0 saturated heterocycles. The number of nitrogens with two attached hydrogens (primary N) is 1. The van der Waals surface area contributed by atoms with E-state index in [9.17, 15) is 13.2 Å². The number of aromatic nitrogens is 1. The maximum atomic E-state index is 12.5. The fourth-order valence-corrected chi connectivity index (χ4v) is 2.43. The molecule has 0 spiro atoms. The highest BCUT2D eigenvalue weighted by Crippen LogP contribution is 2.33. The summed E-state index contributed by atoms with van der Waals surface area (Å²) >= 11 is 5.84. The second-order valence-electron chi connectivity index (χ2n) is 4.75. The number of pyridine rings is 1. The molecule has 0 aromatic carbocycles. The molecule has 0 bridgehead atoms. The molecule has 1 aromatic heterocycles. The van der Waals surface area contributed by atoms with Gasteiger partial charge in [0, 0.05) is 18.3 Å². The van der Waals surface area contributed by atoms with Crippen molar-refractivity contribution in [2.45, 2.75) is 43.9 Å². The zero-order valence-corrected chi connectivity index (χ0v) is 10.9. The highest BCUT2D eigenvalue weighted by atomic mass is 35.5. The highest BCUT2D eigenvalue weighted by Gasteiger charge is 2.32. The van der Waals surface area contributed by atoms with E-state index in [1.165, 1.54) is 0 Å². The van der Waals surface area contributed by atoms with E-state index < -0.39 is 11.7 Å². The molecule has 1 saturated carbocycles. The molecule has 1 fully saturated rings. The van der Waals surface area contributed by atoms with Gasteiger partial charge in [0.1, 0.15) is 5.82 Å². The van der Waals surface area contributed by atoms with Gasteiger partial charge in [0.15, 0.2) is 0 Å². The Kier molecular flexibility index (Phi) is 4.20. The summed E-state index contributed by atoms with van der Waals surface area (Å²) in [5.74, 6) is 0.261. The van der Waals surface area contributed by atoms with Crippen LogP contribution in [-0.4, -0.2) is 17.1 Å². The van der Waals surface area contributed by atoms with Crippen molar-refractivity contribution in [1.82, 2.24) is 4.98 Å². The third-order valence-electron chi connectivity index (χ3n) is 3.31. The average molecular weight is 294 g/mol. The van der Waals surface area contributed by atoms with Crippen molar-refractivity contribution in [3.8, 4) is 0 Å². The van der Waals surface area contributed by atoms with Crippen LogP contribution in [0.5, 0.6) is 0 Å². The number of nitrogens with one attached hydrogen (secondary N) is 1. The number of alkyl halides is 3. The monoisotopic (exact) mass is 293 g/mol. The van der Waals surface area contributed by atoms with Crippen molar-refractivity contribution in [2.75, 3.05) is 5.32 Å². The molecule has 1 heterocycles. The van der Waals surface area contributed by atoms with Gasteiger partial charge >= 0.3 is 6.18 Å². The van der Waals surface area contributed by atoms with Gasteiger partial charge in [0.05, 0.1) is 10.6 Å². The van der Waals surface area contributed by atoms with Gasteiger partial charge < -0.3 is 11.1 Å². The molecular weight excluding hydrogens is 279 g/mol. The molecule has 106 valence electrons.